The summed E-state index contributed by atoms with van der Waals surface area (Å²) in [6.07, 6.45) is 0.650. The molecule has 0 radical (unpaired) electrons. The van der Waals surface area contributed by atoms with Gasteiger partial charge in [-0.1, -0.05) is 36.2 Å². The lowest BCUT2D eigenvalue weighted by atomic mass is 9.99. The zero-order valence-electron chi connectivity index (χ0n) is 12.3. The Hall–Kier alpha value is -1.10. The fourth-order valence-electron chi connectivity index (χ4n) is 2.43. The minimum absolute atomic E-state index is 0.0384. The van der Waals surface area contributed by atoms with E-state index in [9.17, 15) is 4.39 Å². The van der Waals surface area contributed by atoms with Gasteiger partial charge < -0.3 is 5.32 Å². The highest BCUT2D eigenvalue weighted by Crippen LogP contribution is 2.30. The lowest BCUT2D eigenvalue weighted by molar-refractivity contribution is 0.546. The normalized spacial score (nSPS) is 12.7. The molecule has 6 heteroatoms. The fourth-order valence-corrected chi connectivity index (χ4v) is 2.98. The van der Waals surface area contributed by atoms with Crippen LogP contribution in [0.4, 0.5) is 4.39 Å². The fraction of sp³-hybridized carbons (Fsp3) is 0.400. The zero-order valence-corrected chi connectivity index (χ0v) is 13.8. The Morgan fingerprint density at radius 3 is 2.62 bits per heavy atom. The highest BCUT2D eigenvalue weighted by atomic mass is 35.5. The average Bonchev–Trinajstić information content (AvgIpc) is 2.65. The Balaban J connectivity index is 2.35. The van der Waals surface area contributed by atoms with Crippen LogP contribution in [0.15, 0.2) is 18.2 Å². The molecule has 2 aromatic rings. The first-order chi connectivity index (χ1) is 9.93. The molecule has 0 saturated carbocycles. The third kappa shape index (κ3) is 3.57. The average molecular weight is 330 g/mol. The van der Waals surface area contributed by atoms with Gasteiger partial charge in [-0.2, -0.15) is 5.10 Å². The minimum atomic E-state index is -0.338. The number of aryl methyl sites for hydroxylation is 2. The van der Waals surface area contributed by atoms with E-state index in [1.54, 1.807) is 10.7 Å². The van der Waals surface area contributed by atoms with E-state index in [1.165, 1.54) is 12.1 Å². The maximum absolute atomic E-state index is 13.2. The van der Waals surface area contributed by atoms with Crippen LogP contribution in [-0.4, -0.2) is 16.3 Å². The molecule has 0 aliphatic carbocycles. The Labute approximate surface area is 134 Å². The van der Waals surface area contributed by atoms with Gasteiger partial charge in [0.25, 0.3) is 0 Å². The molecule has 1 aromatic carbocycles. The van der Waals surface area contributed by atoms with Crippen molar-refractivity contribution in [2.24, 2.45) is 7.05 Å². The summed E-state index contributed by atoms with van der Waals surface area (Å²) in [6.45, 7) is 4.72. The van der Waals surface area contributed by atoms with Crippen molar-refractivity contribution >= 4 is 23.2 Å². The third-order valence-corrected chi connectivity index (χ3v) is 4.27. The molecule has 1 unspecified atom stereocenters. The van der Waals surface area contributed by atoms with Crippen molar-refractivity contribution in [3.8, 4) is 0 Å². The standard InChI is InChI=1S/C15H18Cl2FN3/c1-4-19-14(11-6-5-10(18)7-13(11)16)8-12-9(2)20-21(3)15(12)17/h5-7,14,19H,4,8H2,1-3H3. The molecule has 21 heavy (non-hydrogen) atoms. The van der Waals surface area contributed by atoms with Crippen molar-refractivity contribution in [1.29, 1.82) is 0 Å². The van der Waals surface area contributed by atoms with Gasteiger partial charge >= 0.3 is 0 Å². The highest BCUT2D eigenvalue weighted by Gasteiger charge is 2.20. The van der Waals surface area contributed by atoms with Gasteiger partial charge in [0.1, 0.15) is 11.0 Å². The van der Waals surface area contributed by atoms with E-state index >= 15 is 0 Å². The number of aromatic nitrogens is 2. The first kappa shape index (κ1) is 16.3. The molecule has 1 atom stereocenters. The number of hydrogen-bond acceptors (Lipinski definition) is 2. The van der Waals surface area contributed by atoms with Crippen LogP contribution in [-0.2, 0) is 13.5 Å². The van der Waals surface area contributed by atoms with Gasteiger partial charge in [0.15, 0.2) is 0 Å². The van der Waals surface area contributed by atoms with Crippen LogP contribution in [0.2, 0.25) is 10.2 Å². The largest absolute Gasteiger partial charge is 0.310 e. The zero-order chi connectivity index (χ0) is 15.6. The molecule has 2 rings (SSSR count). The molecule has 114 valence electrons. The van der Waals surface area contributed by atoms with Gasteiger partial charge in [0, 0.05) is 23.7 Å². The Morgan fingerprint density at radius 1 is 1.38 bits per heavy atom. The first-order valence-electron chi connectivity index (χ1n) is 6.80. The quantitative estimate of drug-likeness (QED) is 0.896. The van der Waals surface area contributed by atoms with E-state index in [-0.39, 0.29) is 11.9 Å². The number of halogens is 3. The minimum Gasteiger partial charge on any atom is -0.310 e. The molecule has 0 aliphatic heterocycles. The van der Waals surface area contributed by atoms with E-state index in [0.717, 1.165) is 23.4 Å². The van der Waals surface area contributed by atoms with Gasteiger partial charge in [-0.05, 0) is 37.6 Å². The summed E-state index contributed by atoms with van der Waals surface area (Å²) in [5.74, 6) is -0.338. The van der Waals surface area contributed by atoms with Gasteiger partial charge in [0.05, 0.1) is 5.69 Å². The van der Waals surface area contributed by atoms with Crippen LogP contribution >= 0.6 is 23.2 Å². The second-order valence-corrected chi connectivity index (χ2v) is 5.72. The summed E-state index contributed by atoms with van der Waals surface area (Å²) in [4.78, 5) is 0. The van der Waals surface area contributed by atoms with Gasteiger partial charge in [-0.3, -0.25) is 4.68 Å². The van der Waals surface area contributed by atoms with E-state index in [0.29, 0.717) is 16.6 Å². The molecule has 1 aromatic heterocycles. The maximum Gasteiger partial charge on any atom is 0.130 e. The van der Waals surface area contributed by atoms with E-state index in [4.69, 9.17) is 23.2 Å². The predicted molar refractivity (Wildman–Crippen MR) is 84.5 cm³/mol. The molecular formula is C15H18Cl2FN3. The summed E-state index contributed by atoms with van der Waals surface area (Å²) < 4.78 is 14.9. The topological polar surface area (TPSA) is 29.9 Å². The van der Waals surface area contributed by atoms with Crippen molar-refractivity contribution < 1.29 is 4.39 Å². The Kier molecular flexibility index (Phi) is 5.25. The first-order valence-corrected chi connectivity index (χ1v) is 7.56. The molecular weight excluding hydrogens is 312 g/mol. The molecule has 0 fully saturated rings. The molecule has 0 bridgehead atoms. The number of rotatable bonds is 5. The van der Waals surface area contributed by atoms with Crippen molar-refractivity contribution in [2.45, 2.75) is 26.3 Å². The van der Waals surface area contributed by atoms with E-state index < -0.39 is 0 Å². The predicted octanol–water partition coefficient (Wildman–Crippen LogP) is 4.07. The summed E-state index contributed by atoms with van der Waals surface area (Å²) in [7, 11) is 1.81. The van der Waals surface area contributed by atoms with Gasteiger partial charge in [0.2, 0.25) is 0 Å². The molecule has 1 N–H and O–H groups in total. The Morgan fingerprint density at radius 2 is 2.10 bits per heavy atom. The number of nitrogens with zero attached hydrogens (tertiary/aromatic N) is 2. The van der Waals surface area contributed by atoms with E-state index in [1.807, 2.05) is 20.9 Å². The van der Waals surface area contributed by atoms with Crippen LogP contribution in [0.5, 0.6) is 0 Å². The summed E-state index contributed by atoms with van der Waals surface area (Å²) in [5.41, 5.74) is 2.73. The maximum atomic E-state index is 13.2. The van der Waals surface area contributed by atoms with Crippen LogP contribution in [0, 0.1) is 12.7 Å². The number of likely N-dealkylation sites (N-methyl/N-ethyl adjacent to an activating group) is 1. The third-order valence-electron chi connectivity index (χ3n) is 3.47. The van der Waals surface area contributed by atoms with Crippen molar-refractivity contribution in [3.05, 3.63) is 51.0 Å². The molecule has 0 spiro atoms. The lowest BCUT2D eigenvalue weighted by Gasteiger charge is -2.19. The van der Waals surface area contributed by atoms with Crippen LogP contribution in [0.25, 0.3) is 0 Å². The molecule has 0 saturated heterocycles. The number of hydrogen-bond donors (Lipinski definition) is 1. The summed E-state index contributed by atoms with van der Waals surface area (Å²) in [5, 5.41) is 8.72. The smallest absolute Gasteiger partial charge is 0.130 e. The van der Waals surface area contributed by atoms with Crippen LogP contribution in [0.1, 0.15) is 29.8 Å². The Bertz CT molecular complexity index is 640. The number of benzene rings is 1. The molecule has 0 aliphatic rings. The summed E-state index contributed by atoms with van der Waals surface area (Å²) in [6, 6.07) is 4.43. The van der Waals surface area contributed by atoms with Crippen molar-refractivity contribution in [1.82, 2.24) is 15.1 Å². The lowest BCUT2D eigenvalue weighted by Crippen LogP contribution is -2.23. The summed E-state index contributed by atoms with van der Waals surface area (Å²) >= 11 is 12.5. The van der Waals surface area contributed by atoms with Gasteiger partial charge in [-0.15, -0.1) is 0 Å². The second kappa shape index (κ2) is 6.77. The monoisotopic (exact) mass is 329 g/mol. The second-order valence-electron chi connectivity index (χ2n) is 4.96. The van der Waals surface area contributed by atoms with Crippen molar-refractivity contribution in [2.75, 3.05) is 6.54 Å². The van der Waals surface area contributed by atoms with Gasteiger partial charge in [-0.25, -0.2) is 4.39 Å². The highest BCUT2D eigenvalue weighted by molar-refractivity contribution is 6.31. The van der Waals surface area contributed by atoms with Crippen molar-refractivity contribution in [3.63, 3.8) is 0 Å². The number of nitrogens with one attached hydrogen (secondary N) is 1. The van der Waals surface area contributed by atoms with Crippen LogP contribution < -0.4 is 5.32 Å². The molecule has 0 amide bonds. The molecule has 1 heterocycles. The molecule has 3 nitrogen and oxygen atoms in total. The van der Waals surface area contributed by atoms with E-state index in [2.05, 4.69) is 10.4 Å². The van der Waals surface area contributed by atoms with Crippen LogP contribution in [0.3, 0.4) is 0 Å². The SMILES string of the molecule is CCNC(Cc1c(C)nn(C)c1Cl)c1ccc(F)cc1Cl.